The Morgan fingerprint density at radius 1 is 1.00 bits per heavy atom. The molecule has 0 bridgehead atoms. The van der Waals surface area contributed by atoms with Gasteiger partial charge in [-0.15, -0.1) is 0 Å². The van der Waals surface area contributed by atoms with E-state index in [2.05, 4.69) is 20.5 Å². The summed E-state index contributed by atoms with van der Waals surface area (Å²) in [7, 11) is 0. The molecule has 0 aromatic carbocycles. The summed E-state index contributed by atoms with van der Waals surface area (Å²) < 4.78 is 10.4. The zero-order valence-corrected chi connectivity index (χ0v) is 16.3. The van der Waals surface area contributed by atoms with Crippen molar-refractivity contribution in [1.82, 2.24) is 20.5 Å². The van der Waals surface area contributed by atoms with E-state index in [0.29, 0.717) is 17.8 Å². The lowest BCUT2D eigenvalue weighted by molar-refractivity contribution is -0.127. The van der Waals surface area contributed by atoms with Crippen LogP contribution in [0.15, 0.2) is 17.1 Å². The molecule has 2 saturated heterocycles. The number of ether oxygens (including phenoxy) is 1. The molecule has 1 aromatic rings. The van der Waals surface area contributed by atoms with Crippen LogP contribution in [0.1, 0.15) is 55.4 Å². The number of rotatable bonds is 5. The summed E-state index contributed by atoms with van der Waals surface area (Å²) in [5, 5.41) is 6.30. The van der Waals surface area contributed by atoms with Gasteiger partial charge in [0.1, 0.15) is 6.26 Å². The molecule has 8 heteroatoms. The third-order valence-corrected chi connectivity index (χ3v) is 6.30. The highest BCUT2D eigenvalue weighted by molar-refractivity contribution is 5.92. The number of carbonyl (C=O) groups is 2. The first-order chi connectivity index (χ1) is 13.7. The molecule has 1 aliphatic carbocycles. The largest absolute Gasteiger partial charge is 0.451 e. The number of oxazole rings is 1. The van der Waals surface area contributed by atoms with E-state index in [9.17, 15) is 9.59 Å². The zero-order chi connectivity index (χ0) is 19.3. The van der Waals surface area contributed by atoms with Gasteiger partial charge in [-0.1, -0.05) is 0 Å². The van der Waals surface area contributed by atoms with Gasteiger partial charge in [0.25, 0.3) is 5.91 Å². The lowest BCUT2D eigenvalue weighted by Gasteiger charge is -2.36. The van der Waals surface area contributed by atoms with Gasteiger partial charge in [-0.3, -0.25) is 14.5 Å². The molecule has 3 aliphatic rings. The molecule has 28 heavy (non-hydrogen) atoms. The molecule has 2 amide bonds. The third-order valence-electron chi connectivity index (χ3n) is 6.30. The van der Waals surface area contributed by atoms with Crippen LogP contribution in [0.25, 0.3) is 0 Å². The summed E-state index contributed by atoms with van der Waals surface area (Å²) in [6, 6.07) is 0.751. The Morgan fingerprint density at radius 2 is 1.82 bits per heavy atom. The maximum Gasteiger partial charge on any atom is 0.273 e. The number of hydrogen-bond donors (Lipinski definition) is 2. The maximum absolute atomic E-state index is 12.8. The van der Waals surface area contributed by atoms with Crippen LogP contribution in [-0.2, 0) is 9.53 Å². The summed E-state index contributed by atoms with van der Waals surface area (Å²) in [5.41, 5.74) is 0.293. The summed E-state index contributed by atoms with van der Waals surface area (Å²) >= 11 is 0. The highest BCUT2D eigenvalue weighted by Crippen LogP contribution is 2.25. The second-order valence-electron chi connectivity index (χ2n) is 8.25. The fourth-order valence-electron chi connectivity index (χ4n) is 4.36. The van der Waals surface area contributed by atoms with Gasteiger partial charge in [-0.25, -0.2) is 4.98 Å². The summed E-state index contributed by atoms with van der Waals surface area (Å²) in [6.07, 6.45) is 9.53. The van der Waals surface area contributed by atoms with Crippen molar-refractivity contribution in [1.29, 1.82) is 0 Å². The van der Waals surface area contributed by atoms with Gasteiger partial charge in [0.2, 0.25) is 5.91 Å². The second kappa shape index (κ2) is 9.05. The van der Waals surface area contributed by atoms with Crippen molar-refractivity contribution in [3.8, 4) is 0 Å². The van der Waals surface area contributed by atoms with Crippen molar-refractivity contribution in [2.75, 3.05) is 26.3 Å². The first kappa shape index (κ1) is 19.4. The van der Waals surface area contributed by atoms with Gasteiger partial charge < -0.3 is 19.8 Å². The van der Waals surface area contributed by atoms with Crippen molar-refractivity contribution in [3.05, 3.63) is 18.4 Å². The Bertz CT molecular complexity index is 655. The number of aromatic nitrogens is 1. The topological polar surface area (TPSA) is 96.7 Å². The molecule has 3 heterocycles. The second-order valence-corrected chi connectivity index (χ2v) is 8.25. The fraction of sp³-hybridized carbons (Fsp3) is 0.750. The molecule has 0 spiro atoms. The molecular formula is C20H30N4O4. The average molecular weight is 390 g/mol. The third kappa shape index (κ3) is 4.72. The highest BCUT2D eigenvalue weighted by atomic mass is 16.5. The average Bonchev–Trinajstić information content (AvgIpc) is 3.14. The van der Waals surface area contributed by atoms with Crippen LogP contribution in [0.2, 0.25) is 0 Å². The van der Waals surface area contributed by atoms with Crippen molar-refractivity contribution in [3.63, 3.8) is 0 Å². The van der Waals surface area contributed by atoms with E-state index in [1.165, 1.54) is 19.1 Å². The number of likely N-dealkylation sites (tertiary alicyclic amines) is 1. The van der Waals surface area contributed by atoms with Crippen LogP contribution in [0.3, 0.4) is 0 Å². The predicted molar refractivity (Wildman–Crippen MR) is 102 cm³/mol. The molecule has 1 aromatic heterocycles. The van der Waals surface area contributed by atoms with Gasteiger partial charge in [-0.2, -0.15) is 0 Å². The van der Waals surface area contributed by atoms with Crippen molar-refractivity contribution >= 4 is 11.8 Å². The summed E-state index contributed by atoms with van der Waals surface area (Å²) in [5.74, 6) is -0.0781. The van der Waals surface area contributed by atoms with E-state index in [4.69, 9.17) is 9.15 Å². The first-order valence-corrected chi connectivity index (χ1v) is 10.5. The minimum Gasteiger partial charge on any atom is -0.451 e. The standard InChI is InChI=1S/C20H30N4O4/c25-19(22-15-2-1-3-15)14-4-5-16(23-20(26)18-12-28-13-21-18)11-24(10-14)17-6-8-27-9-7-17/h12-17H,1-11H2,(H,22,25)(H,23,26)/t14-,16+/m1/s1. The van der Waals surface area contributed by atoms with E-state index in [1.807, 2.05) is 0 Å². The fourth-order valence-corrected chi connectivity index (χ4v) is 4.36. The molecule has 0 unspecified atom stereocenters. The molecule has 3 fully saturated rings. The number of nitrogens with one attached hydrogen (secondary N) is 2. The van der Waals surface area contributed by atoms with Gasteiger partial charge in [0, 0.05) is 44.4 Å². The van der Waals surface area contributed by atoms with Gasteiger partial charge in [-0.05, 0) is 44.9 Å². The molecule has 2 N–H and O–H groups in total. The van der Waals surface area contributed by atoms with E-state index in [1.54, 1.807) is 0 Å². The Morgan fingerprint density at radius 3 is 2.50 bits per heavy atom. The van der Waals surface area contributed by atoms with E-state index >= 15 is 0 Å². The predicted octanol–water partition coefficient (Wildman–Crippen LogP) is 1.33. The molecule has 154 valence electrons. The van der Waals surface area contributed by atoms with Gasteiger partial charge in [0.15, 0.2) is 12.1 Å². The van der Waals surface area contributed by atoms with Crippen LogP contribution < -0.4 is 10.6 Å². The van der Waals surface area contributed by atoms with Gasteiger partial charge >= 0.3 is 0 Å². The van der Waals surface area contributed by atoms with Crippen molar-refractivity contribution in [2.24, 2.45) is 5.92 Å². The molecule has 4 rings (SSSR count). The van der Waals surface area contributed by atoms with Crippen LogP contribution in [-0.4, -0.2) is 66.1 Å². The van der Waals surface area contributed by atoms with Gasteiger partial charge in [0.05, 0.1) is 5.92 Å². The summed E-state index contributed by atoms with van der Waals surface area (Å²) in [6.45, 7) is 3.02. The lowest BCUT2D eigenvalue weighted by atomic mass is 9.91. The minimum atomic E-state index is -0.219. The number of amides is 2. The Hall–Kier alpha value is -1.93. The molecule has 2 atom stereocenters. The van der Waals surface area contributed by atoms with E-state index in [0.717, 1.165) is 64.8 Å². The maximum atomic E-state index is 12.8. The zero-order valence-electron chi connectivity index (χ0n) is 16.3. The Kier molecular flexibility index (Phi) is 6.26. The number of hydrogen-bond acceptors (Lipinski definition) is 6. The first-order valence-electron chi connectivity index (χ1n) is 10.5. The number of nitrogens with zero attached hydrogens (tertiary/aromatic N) is 2. The molecule has 8 nitrogen and oxygen atoms in total. The minimum absolute atomic E-state index is 0.00597. The lowest BCUT2D eigenvalue weighted by Crippen LogP contribution is -2.50. The SMILES string of the molecule is O=C(N[C@H]1CC[C@@H](C(=O)NC2CCC2)CN(C2CCOCC2)C1)c1cocn1. The monoisotopic (exact) mass is 390 g/mol. The van der Waals surface area contributed by atoms with Crippen LogP contribution in [0.5, 0.6) is 0 Å². The quantitative estimate of drug-likeness (QED) is 0.787. The Labute approximate surface area is 165 Å². The van der Waals surface area contributed by atoms with Crippen LogP contribution in [0.4, 0.5) is 0 Å². The highest BCUT2D eigenvalue weighted by Gasteiger charge is 2.34. The normalized spacial score (nSPS) is 27.6. The molecule has 2 aliphatic heterocycles. The van der Waals surface area contributed by atoms with Crippen LogP contribution >= 0.6 is 0 Å². The van der Waals surface area contributed by atoms with E-state index in [-0.39, 0.29) is 23.8 Å². The van der Waals surface area contributed by atoms with Crippen LogP contribution in [0, 0.1) is 5.92 Å². The molecular weight excluding hydrogens is 360 g/mol. The van der Waals surface area contributed by atoms with Crippen molar-refractivity contribution < 1.29 is 18.7 Å². The Balaban J connectivity index is 1.42. The van der Waals surface area contributed by atoms with Crippen molar-refractivity contribution in [2.45, 2.75) is 63.1 Å². The smallest absolute Gasteiger partial charge is 0.273 e. The summed E-state index contributed by atoms with van der Waals surface area (Å²) in [4.78, 5) is 31.6. The molecule has 0 radical (unpaired) electrons. The van der Waals surface area contributed by atoms with E-state index < -0.39 is 0 Å². The molecule has 1 saturated carbocycles. The number of carbonyl (C=O) groups excluding carboxylic acids is 2.